The van der Waals surface area contributed by atoms with Gasteiger partial charge in [0.1, 0.15) is 11.9 Å². The van der Waals surface area contributed by atoms with E-state index in [9.17, 15) is 0 Å². The normalized spacial score (nSPS) is 16.3. The summed E-state index contributed by atoms with van der Waals surface area (Å²) in [4.78, 5) is 16.7. The van der Waals surface area contributed by atoms with E-state index in [1.165, 1.54) is 19.4 Å². The van der Waals surface area contributed by atoms with Crippen molar-refractivity contribution in [2.45, 2.75) is 31.6 Å². The lowest BCUT2D eigenvalue weighted by molar-refractivity contribution is 0.202. The smallest absolute Gasteiger partial charge is 0.226 e. The number of nitrogens with one attached hydrogen (secondary N) is 2. The number of fused-ring (bicyclic) bond motifs is 1. The fourth-order valence-electron chi connectivity index (χ4n) is 5.00. The fraction of sp³-hybridized carbons (Fsp3) is 0.393. The third-order valence-corrected chi connectivity index (χ3v) is 7.87. The average molecular weight is 563 g/mol. The zero-order chi connectivity index (χ0) is 26.8. The number of nitrogens with zero attached hydrogens (tertiary/aromatic N) is 7. The predicted octanol–water partition coefficient (Wildman–Crippen LogP) is 5.48. The molecule has 1 aliphatic heterocycles. The Morgan fingerprint density at radius 3 is 2.51 bits per heavy atom. The van der Waals surface area contributed by atoms with Gasteiger partial charge >= 0.3 is 0 Å². The van der Waals surface area contributed by atoms with Gasteiger partial charge in [0.2, 0.25) is 5.95 Å². The molecule has 0 spiro atoms. The minimum atomic E-state index is 0.333. The first-order chi connectivity index (χ1) is 19.1. The summed E-state index contributed by atoms with van der Waals surface area (Å²) in [5.74, 6) is 3.40. The van der Waals surface area contributed by atoms with Crippen LogP contribution in [0.3, 0.4) is 0 Å². The first kappa shape index (κ1) is 25.8. The number of nitriles is 1. The van der Waals surface area contributed by atoms with E-state index in [0.29, 0.717) is 52.1 Å². The quantitative estimate of drug-likeness (QED) is 0.259. The van der Waals surface area contributed by atoms with Gasteiger partial charge in [0.05, 0.1) is 16.3 Å². The highest BCUT2D eigenvalue weighted by Gasteiger charge is 2.29. The number of rotatable bonds is 9. The van der Waals surface area contributed by atoms with E-state index in [1.807, 2.05) is 12.1 Å². The van der Waals surface area contributed by atoms with Gasteiger partial charge in [-0.3, -0.25) is 0 Å². The minimum Gasteiger partial charge on any atom is -0.368 e. The van der Waals surface area contributed by atoms with Gasteiger partial charge in [-0.1, -0.05) is 23.2 Å². The van der Waals surface area contributed by atoms with Crippen LogP contribution in [0, 0.1) is 17.2 Å². The summed E-state index contributed by atoms with van der Waals surface area (Å²) in [5.41, 5.74) is 2.74. The van der Waals surface area contributed by atoms with Gasteiger partial charge in [-0.25, -0.2) is 15.0 Å². The van der Waals surface area contributed by atoms with Crippen LogP contribution in [-0.4, -0.2) is 62.2 Å². The zero-order valence-corrected chi connectivity index (χ0v) is 23.0. The van der Waals surface area contributed by atoms with Crippen LogP contribution in [0.2, 0.25) is 10.0 Å². The van der Waals surface area contributed by atoms with Gasteiger partial charge < -0.3 is 15.5 Å². The number of anilines is 2. The number of benzene rings is 1. The van der Waals surface area contributed by atoms with Gasteiger partial charge in [0.25, 0.3) is 0 Å². The van der Waals surface area contributed by atoms with Crippen LogP contribution in [0.1, 0.15) is 43.0 Å². The average Bonchev–Trinajstić information content (AvgIpc) is 3.66. The molecule has 1 aliphatic carbocycles. The third-order valence-electron chi connectivity index (χ3n) is 7.32. The first-order valence-electron chi connectivity index (χ1n) is 13.3. The molecule has 1 aromatic carbocycles. The summed E-state index contributed by atoms with van der Waals surface area (Å²) < 4.78 is 1.79. The van der Waals surface area contributed by atoms with Crippen molar-refractivity contribution < 1.29 is 0 Å². The highest BCUT2D eigenvalue weighted by Crippen LogP contribution is 2.34. The van der Waals surface area contributed by atoms with Crippen molar-refractivity contribution in [3.8, 4) is 17.3 Å². The minimum absolute atomic E-state index is 0.333. The monoisotopic (exact) mass is 561 g/mol. The van der Waals surface area contributed by atoms with Crippen LogP contribution in [0.5, 0.6) is 0 Å². The third kappa shape index (κ3) is 6.09. The Morgan fingerprint density at radius 1 is 0.974 bits per heavy atom. The lowest BCUT2D eigenvalue weighted by Crippen LogP contribution is -2.34. The molecule has 11 heteroatoms. The molecule has 2 N–H and O–H groups in total. The summed E-state index contributed by atoms with van der Waals surface area (Å²) in [6.07, 6.45) is 6.45. The van der Waals surface area contributed by atoms with Gasteiger partial charge in [-0.15, -0.1) is 5.10 Å². The molecule has 1 saturated carbocycles. The Bertz CT molecular complexity index is 1500. The van der Waals surface area contributed by atoms with Crippen molar-refractivity contribution in [3.05, 3.63) is 64.0 Å². The molecule has 6 rings (SSSR count). The molecular weight excluding hydrogens is 533 g/mol. The standard InChI is InChI=1S/C28H29Cl2N9/c29-21-4-5-22(23(30)13-21)24-14-26-36-27(20-7-11-38(12-8-20)17-18-1-2-18)37-39(26)28(35-24)33-10-9-32-25-6-3-19(15-31)16-34-25/h3-6,13-14,16,18,20H,1-2,7-12,17H2,(H,32,34)(H,33,35). The van der Waals surface area contributed by atoms with E-state index in [-0.39, 0.29) is 0 Å². The number of hydrogen-bond acceptors (Lipinski definition) is 8. The molecule has 9 nitrogen and oxygen atoms in total. The van der Waals surface area contributed by atoms with E-state index in [0.717, 1.165) is 48.9 Å². The number of aromatic nitrogens is 5. The van der Waals surface area contributed by atoms with Crippen molar-refractivity contribution in [2.24, 2.45) is 5.92 Å². The molecule has 1 saturated heterocycles. The Balaban J connectivity index is 1.22. The maximum absolute atomic E-state index is 8.96. The van der Waals surface area contributed by atoms with E-state index in [2.05, 4.69) is 26.6 Å². The molecule has 0 radical (unpaired) electrons. The second-order valence-corrected chi connectivity index (χ2v) is 11.1. The number of halogens is 2. The van der Waals surface area contributed by atoms with Gasteiger partial charge in [0, 0.05) is 48.4 Å². The molecule has 3 aromatic heterocycles. The molecular formula is C28H29Cl2N9. The summed E-state index contributed by atoms with van der Waals surface area (Å²) in [5, 5.41) is 21.6. The van der Waals surface area contributed by atoms with Crippen molar-refractivity contribution in [3.63, 3.8) is 0 Å². The van der Waals surface area contributed by atoms with Crippen LogP contribution < -0.4 is 10.6 Å². The van der Waals surface area contributed by atoms with E-state index < -0.39 is 0 Å². The van der Waals surface area contributed by atoms with Crippen LogP contribution in [0.4, 0.5) is 11.8 Å². The first-order valence-corrected chi connectivity index (χ1v) is 14.1. The molecule has 0 amide bonds. The largest absolute Gasteiger partial charge is 0.368 e. The number of hydrogen-bond donors (Lipinski definition) is 2. The summed E-state index contributed by atoms with van der Waals surface area (Å²) in [7, 11) is 0. The summed E-state index contributed by atoms with van der Waals surface area (Å²) in [6, 6.07) is 12.9. The molecule has 2 fully saturated rings. The number of piperidine rings is 1. The van der Waals surface area contributed by atoms with Crippen molar-refractivity contribution in [2.75, 3.05) is 43.4 Å². The molecule has 0 unspecified atom stereocenters. The van der Waals surface area contributed by atoms with E-state index >= 15 is 0 Å². The summed E-state index contributed by atoms with van der Waals surface area (Å²) in [6.45, 7) is 4.59. The molecule has 39 heavy (non-hydrogen) atoms. The Hall–Kier alpha value is -3.45. The number of likely N-dealkylation sites (tertiary alicyclic amines) is 1. The van der Waals surface area contributed by atoms with Crippen LogP contribution >= 0.6 is 23.2 Å². The van der Waals surface area contributed by atoms with Crippen molar-refractivity contribution in [1.82, 2.24) is 29.5 Å². The maximum atomic E-state index is 8.96. The molecule has 2 aliphatic rings. The van der Waals surface area contributed by atoms with Gasteiger partial charge in [0.15, 0.2) is 11.5 Å². The predicted molar refractivity (Wildman–Crippen MR) is 153 cm³/mol. The second kappa shape index (κ2) is 11.3. The Labute approximate surface area is 237 Å². The summed E-state index contributed by atoms with van der Waals surface area (Å²) >= 11 is 12.7. The maximum Gasteiger partial charge on any atom is 0.226 e. The molecule has 4 heterocycles. The molecule has 4 aromatic rings. The topological polar surface area (TPSA) is 107 Å². The number of pyridine rings is 1. The Morgan fingerprint density at radius 2 is 1.79 bits per heavy atom. The van der Waals surface area contributed by atoms with Gasteiger partial charge in [-0.05, 0) is 75.0 Å². The van der Waals surface area contributed by atoms with Crippen LogP contribution in [-0.2, 0) is 0 Å². The highest BCUT2D eigenvalue weighted by molar-refractivity contribution is 6.36. The second-order valence-electron chi connectivity index (χ2n) is 10.2. The SMILES string of the molecule is N#Cc1ccc(NCCNc2nc(-c3ccc(Cl)cc3Cl)cc3nc(C4CCN(CC5CC5)CC4)nn23)nc1. The van der Waals surface area contributed by atoms with E-state index in [4.69, 9.17) is 43.5 Å². The molecule has 0 bridgehead atoms. The Kier molecular flexibility index (Phi) is 7.51. The fourth-order valence-corrected chi connectivity index (χ4v) is 5.50. The molecule has 200 valence electrons. The van der Waals surface area contributed by atoms with Crippen molar-refractivity contribution in [1.29, 1.82) is 5.26 Å². The van der Waals surface area contributed by atoms with E-state index in [1.54, 1.807) is 35.0 Å². The van der Waals surface area contributed by atoms with Crippen molar-refractivity contribution >= 4 is 40.6 Å². The van der Waals surface area contributed by atoms with Gasteiger partial charge in [-0.2, -0.15) is 9.78 Å². The van der Waals surface area contributed by atoms with Crippen LogP contribution in [0.25, 0.3) is 16.9 Å². The van der Waals surface area contributed by atoms with Crippen LogP contribution in [0.15, 0.2) is 42.6 Å². The molecule has 0 atom stereocenters. The lowest BCUT2D eigenvalue weighted by atomic mass is 9.96. The lowest BCUT2D eigenvalue weighted by Gasteiger charge is -2.30. The highest BCUT2D eigenvalue weighted by atomic mass is 35.5. The zero-order valence-electron chi connectivity index (χ0n) is 21.4.